The minimum atomic E-state index is 0.153. The lowest BCUT2D eigenvalue weighted by Crippen LogP contribution is -2.28. The van der Waals surface area contributed by atoms with Crippen LogP contribution < -0.4 is 9.80 Å². The summed E-state index contributed by atoms with van der Waals surface area (Å²) >= 11 is 0. The molecule has 0 saturated heterocycles. The van der Waals surface area contributed by atoms with Gasteiger partial charge in [0, 0.05) is 36.6 Å². The second-order valence-electron chi connectivity index (χ2n) is 11.9. The molecule has 7 rings (SSSR count). The van der Waals surface area contributed by atoms with E-state index < -0.39 is 0 Å². The van der Waals surface area contributed by atoms with Gasteiger partial charge in [-0.05, 0) is 70.5 Å². The van der Waals surface area contributed by atoms with Gasteiger partial charge >= 0.3 is 0 Å². The lowest BCUT2D eigenvalue weighted by molar-refractivity contribution is 0.665. The second-order valence-corrected chi connectivity index (χ2v) is 11.9. The molecular weight excluding hydrogens is 532 g/mol. The molecule has 0 saturated carbocycles. The fourth-order valence-corrected chi connectivity index (χ4v) is 6.84. The number of benzene rings is 6. The van der Waals surface area contributed by atoms with Crippen molar-refractivity contribution in [2.75, 3.05) is 23.9 Å². The highest BCUT2D eigenvalue weighted by molar-refractivity contribution is 5.82. The lowest BCUT2D eigenvalue weighted by atomic mass is 9.90. The summed E-state index contributed by atoms with van der Waals surface area (Å²) in [5, 5.41) is 0. The summed E-state index contributed by atoms with van der Waals surface area (Å²) in [5.74, 6) is 0. The summed E-state index contributed by atoms with van der Waals surface area (Å²) in [5.41, 5.74) is 12.8. The first kappa shape index (κ1) is 27.7. The van der Waals surface area contributed by atoms with Gasteiger partial charge in [0.05, 0.1) is 12.1 Å². The fourth-order valence-electron chi connectivity index (χ4n) is 6.84. The van der Waals surface area contributed by atoms with E-state index in [1.807, 2.05) is 0 Å². The van der Waals surface area contributed by atoms with E-state index in [4.69, 9.17) is 0 Å². The van der Waals surface area contributed by atoms with E-state index >= 15 is 0 Å². The van der Waals surface area contributed by atoms with E-state index in [0.717, 1.165) is 12.8 Å². The smallest absolute Gasteiger partial charge is 0.0579 e. The third-order valence-electron chi connectivity index (χ3n) is 9.21. The summed E-state index contributed by atoms with van der Waals surface area (Å²) in [6, 6.07) is 58.3. The Morgan fingerprint density at radius 1 is 0.409 bits per heavy atom. The van der Waals surface area contributed by atoms with E-state index in [0.29, 0.717) is 0 Å². The Balaban J connectivity index is 1.46. The van der Waals surface area contributed by atoms with Crippen LogP contribution >= 0.6 is 0 Å². The molecule has 216 valence electrons. The zero-order valence-electron chi connectivity index (χ0n) is 25.5. The number of hydrogen-bond acceptors (Lipinski definition) is 2. The quantitative estimate of drug-likeness (QED) is 0.208. The Morgan fingerprint density at radius 3 is 1.23 bits per heavy atom. The molecule has 0 N–H and O–H groups in total. The fraction of sp³-hybridized carbons (Fsp3) is 0.143. The first-order valence-electron chi connectivity index (χ1n) is 15.6. The normalized spacial score (nSPS) is 16.0. The highest BCUT2D eigenvalue weighted by Crippen LogP contribution is 2.41. The zero-order valence-corrected chi connectivity index (χ0v) is 25.5. The summed E-state index contributed by atoms with van der Waals surface area (Å²) in [6.45, 7) is 0. The van der Waals surface area contributed by atoms with Crippen LogP contribution in [0.4, 0.5) is 11.4 Å². The van der Waals surface area contributed by atoms with Crippen LogP contribution in [0.15, 0.2) is 158 Å². The monoisotopic (exact) mass is 570 g/mol. The van der Waals surface area contributed by atoms with Crippen molar-refractivity contribution in [1.82, 2.24) is 0 Å². The Hall–Kier alpha value is -5.08. The average Bonchev–Trinajstić information content (AvgIpc) is 3.09. The predicted octanol–water partition coefficient (Wildman–Crippen LogP) is 10.2. The van der Waals surface area contributed by atoms with E-state index in [1.165, 1.54) is 55.9 Å². The van der Waals surface area contributed by atoms with Crippen LogP contribution in [0.25, 0.3) is 22.3 Å². The largest absolute Gasteiger partial charge is 0.367 e. The van der Waals surface area contributed by atoms with Gasteiger partial charge in [-0.25, -0.2) is 0 Å². The molecule has 2 heteroatoms. The van der Waals surface area contributed by atoms with Crippen molar-refractivity contribution in [2.24, 2.45) is 0 Å². The molecule has 0 fully saturated rings. The molecule has 2 atom stereocenters. The van der Waals surface area contributed by atoms with Gasteiger partial charge in [-0.15, -0.1) is 0 Å². The SMILES string of the molecule is CN1c2ccccc2-c2cccc(c2)C(Cc2ccccc2)N(C)c2ccccc2-c2cccc(c2)C1Cc1ccccc1. The van der Waals surface area contributed by atoms with Gasteiger partial charge < -0.3 is 9.80 Å². The first-order chi connectivity index (χ1) is 21.7. The van der Waals surface area contributed by atoms with Gasteiger partial charge in [0.15, 0.2) is 0 Å². The maximum Gasteiger partial charge on any atom is 0.0579 e. The molecule has 6 aromatic rings. The van der Waals surface area contributed by atoms with Crippen molar-refractivity contribution < 1.29 is 0 Å². The van der Waals surface area contributed by atoms with Crippen LogP contribution in [0.5, 0.6) is 0 Å². The average molecular weight is 571 g/mol. The predicted molar refractivity (Wildman–Crippen MR) is 186 cm³/mol. The molecule has 0 spiro atoms. The molecule has 0 amide bonds. The highest BCUT2D eigenvalue weighted by atomic mass is 15.1. The number of para-hydroxylation sites is 2. The molecule has 1 heterocycles. The van der Waals surface area contributed by atoms with Gasteiger partial charge in [-0.3, -0.25) is 0 Å². The van der Waals surface area contributed by atoms with E-state index in [-0.39, 0.29) is 12.1 Å². The van der Waals surface area contributed by atoms with Crippen molar-refractivity contribution in [2.45, 2.75) is 24.9 Å². The van der Waals surface area contributed by atoms with E-state index in [9.17, 15) is 0 Å². The van der Waals surface area contributed by atoms with Crippen molar-refractivity contribution in [3.05, 3.63) is 180 Å². The van der Waals surface area contributed by atoms with Gasteiger partial charge in [0.25, 0.3) is 0 Å². The minimum Gasteiger partial charge on any atom is -0.367 e. The molecule has 44 heavy (non-hydrogen) atoms. The maximum atomic E-state index is 2.49. The van der Waals surface area contributed by atoms with Crippen molar-refractivity contribution in [3.8, 4) is 22.3 Å². The maximum absolute atomic E-state index is 2.49. The lowest BCUT2D eigenvalue weighted by Gasteiger charge is -2.35. The molecule has 0 aliphatic carbocycles. The molecule has 0 aromatic heterocycles. The third-order valence-corrected chi connectivity index (χ3v) is 9.21. The molecule has 2 unspecified atom stereocenters. The molecule has 4 bridgehead atoms. The zero-order chi connectivity index (χ0) is 29.9. The molecule has 0 radical (unpaired) electrons. The summed E-state index contributed by atoms with van der Waals surface area (Å²) in [6.07, 6.45) is 1.83. The Kier molecular flexibility index (Phi) is 7.73. The van der Waals surface area contributed by atoms with Crippen molar-refractivity contribution >= 4 is 11.4 Å². The Labute approximate surface area is 261 Å². The number of rotatable bonds is 4. The van der Waals surface area contributed by atoms with Gasteiger partial charge in [0.1, 0.15) is 0 Å². The molecule has 1 aliphatic rings. The summed E-state index contributed by atoms with van der Waals surface area (Å²) in [7, 11) is 4.52. The standard InChI is InChI=1S/C42H38N2/c1-43-39-25-11-9-23-37(39)33-19-14-22-36(30-33)42(28-32-17-7-4-8-18-32)44(2)40-26-12-10-24-38(40)34-20-13-21-35(29-34)41(43)27-31-15-5-3-6-16-31/h3-26,29-30,41-42H,27-28H2,1-2H3. The number of fused-ring (bicyclic) bond motifs is 8. The van der Waals surface area contributed by atoms with Crippen LogP contribution in [-0.2, 0) is 12.8 Å². The van der Waals surface area contributed by atoms with Crippen LogP contribution in [0.2, 0.25) is 0 Å². The molecule has 2 nitrogen and oxygen atoms in total. The van der Waals surface area contributed by atoms with Crippen LogP contribution in [0.3, 0.4) is 0 Å². The molecule has 6 aromatic carbocycles. The summed E-state index contributed by atoms with van der Waals surface area (Å²) in [4.78, 5) is 4.97. The summed E-state index contributed by atoms with van der Waals surface area (Å²) < 4.78 is 0. The second kappa shape index (κ2) is 12.3. The molecule has 1 aliphatic heterocycles. The topological polar surface area (TPSA) is 6.48 Å². The van der Waals surface area contributed by atoms with Crippen molar-refractivity contribution in [3.63, 3.8) is 0 Å². The minimum absolute atomic E-state index is 0.153. The van der Waals surface area contributed by atoms with Crippen molar-refractivity contribution in [1.29, 1.82) is 0 Å². The van der Waals surface area contributed by atoms with E-state index in [2.05, 4.69) is 182 Å². The van der Waals surface area contributed by atoms with Crippen LogP contribution in [0, 0.1) is 0 Å². The first-order valence-corrected chi connectivity index (χ1v) is 15.6. The van der Waals surface area contributed by atoms with E-state index in [1.54, 1.807) is 0 Å². The van der Waals surface area contributed by atoms with Crippen LogP contribution in [-0.4, -0.2) is 14.1 Å². The number of anilines is 2. The Bertz CT molecular complexity index is 1720. The Morgan fingerprint density at radius 2 is 0.795 bits per heavy atom. The molecular formula is C42H38N2. The number of likely N-dealkylation sites (N-methyl/N-ethyl adjacent to an activating group) is 2. The van der Waals surface area contributed by atoms with Crippen LogP contribution in [0.1, 0.15) is 34.3 Å². The number of hydrogen-bond donors (Lipinski definition) is 0. The van der Waals surface area contributed by atoms with Gasteiger partial charge in [-0.1, -0.05) is 133 Å². The van der Waals surface area contributed by atoms with Gasteiger partial charge in [-0.2, -0.15) is 0 Å². The highest BCUT2D eigenvalue weighted by Gasteiger charge is 2.25. The third kappa shape index (κ3) is 5.52. The van der Waals surface area contributed by atoms with Gasteiger partial charge in [0.2, 0.25) is 0 Å². The number of nitrogens with zero attached hydrogens (tertiary/aromatic N) is 2.